The van der Waals surface area contributed by atoms with Gasteiger partial charge in [0, 0.05) is 24.8 Å². The van der Waals surface area contributed by atoms with Crippen LogP contribution in [0.15, 0.2) is 48.5 Å². The van der Waals surface area contributed by atoms with E-state index < -0.39 is 0 Å². The fourth-order valence-electron chi connectivity index (χ4n) is 2.04. The minimum Gasteiger partial charge on any atom is -0.384 e. The van der Waals surface area contributed by atoms with Crippen LogP contribution in [0.25, 0.3) is 0 Å². The van der Waals surface area contributed by atoms with Crippen molar-refractivity contribution >= 4 is 5.69 Å². The van der Waals surface area contributed by atoms with E-state index in [-0.39, 0.29) is 6.61 Å². The molecule has 0 unspecified atom stereocenters. The van der Waals surface area contributed by atoms with E-state index in [1.54, 1.807) is 0 Å². The summed E-state index contributed by atoms with van der Waals surface area (Å²) in [5, 5.41) is 17.5. The standard InChI is InChI=1S/C18H16N2O/c1-20(18-9-7-16(13-19)8-10-18)14-17-5-2-4-15(12-17)6-3-11-21/h2,4-5,7-10,12,21H,11,14H2,1H3. The van der Waals surface area contributed by atoms with Gasteiger partial charge in [0.1, 0.15) is 6.61 Å². The Labute approximate surface area is 125 Å². The van der Waals surface area contributed by atoms with E-state index in [0.717, 1.165) is 23.4 Å². The Hall–Kier alpha value is -2.75. The molecule has 0 aliphatic heterocycles. The molecule has 0 saturated carbocycles. The molecule has 0 bridgehead atoms. The maximum Gasteiger partial charge on any atom is 0.104 e. The maximum atomic E-state index is 8.81. The maximum absolute atomic E-state index is 8.81. The van der Waals surface area contributed by atoms with Crippen molar-refractivity contribution in [2.24, 2.45) is 0 Å². The molecule has 0 heterocycles. The average Bonchev–Trinajstić information content (AvgIpc) is 2.53. The van der Waals surface area contributed by atoms with Crippen LogP contribution >= 0.6 is 0 Å². The third-order valence-corrected chi connectivity index (χ3v) is 3.10. The summed E-state index contributed by atoms with van der Waals surface area (Å²) in [6.45, 7) is 0.621. The Morgan fingerprint density at radius 2 is 1.86 bits per heavy atom. The summed E-state index contributed by atoms with van der Waals surface area (Å²) in [6.07, 6.45) is 0. The second-order valence-corrected chi connectivity index (χ2v) is 4.68. The van der Waals surface area contributed by atoms with Crippen LogP contribution < -0.4 is 4.90 Å². The van der Waals surface area contributed by atoms with Crippen LogP contribution in [-0.2, 0) is 6.54 Å². The van der Waals surface area contributed by atoms with E-state index in [1.807, 2.05) is 55.6 Å². The number of nitrogens with zero attached hydrogens (tertiary/aromatic N) is 2. The summed E-state index contributed by atoms with van der Waals surface area (Å²) in [4.78, 5) is 2.11. The van der Waals surface area contributed by atoms with Crippen molar-refractivity contribution < 1.29 is 5.11 Å². The quantitative estimate of drug-likeness (QED) is 0.876. The normalized spacial score (nSPS) is 9.38. The van der Waals surface area contributed by atoms with Crippen LogP contribution in [0.5, 0.6) is 0 Å². The highest BCUT2D eigenvalue weighted by Gasteiger charge is 2.03. The number of anilines is 1. The van der Waals surface area contributed by atoms with E-state index in [1.165, 1.54) is 0 Å². The molecular weight excluding hydrogens is 260 g/mol. The molecule has 1 N–H and O–H groups in total. The molecule has 0 atom stereocenters. The molecule has 0 aromatic heterocycles. The van der Waals surface area contributed by atoms with Crippen molar-refractivity contribution in [3.05, 3.63) is 65.2 Å². The predicted octanol–water partition coefficient (Wildman–Crippen LogP) is 2.54. The van der Waals surface area contributed by atoms with Gasteiger partial charge in [0.2, 0.25) is 0 Å². The molecule has 2 rings (SSSR count). The Balaban J connectivity index is 2.11. The summed E-state index contributed by atoms with van der Waals surface area (Å²) < 4.78 is 0. The fraction of sp³-hybridized carbons (Fsp3) is 0.167. The number of rotatable bonds is 3. The summed E-state index contributed by atoms with van der Waals surface area (Å²) in [7, 11) is 2.01. The summed E-state index contributed by atoms with van der Waals surface area (Å²) in [6, 6.07) is 17.6. The van der Waals surface area contributed by atoms with Crippen LogP contribution in [-0.4, -0.2) is 18.8 Å². The van der Waals surface area contributed by atoms with Crippen molar-refractivity contribution in [1.29, 1.82) is 5.26 Å². The lowest BCUT2D eigenvalue weighted by Crippen LogP contribution is -2.16. The fourth-order valence-corrected chi connectivity index (χ4v) is 2.04. The van der Waals surface area contributed by atoms with Crippen LogP contribution in [0.3, 0.4) is 0 Å². The van der Waals surface area contributed by atoms with E-state index in [2.05, 4.69) is 22.8 Å². The van der Waals surface area contributed by atoms with Gasteiger partial charge < -0.3 is 10.0 Å². The van der Waals surface area contributed by atoms with Gasteiger partial charge in [-0.05, 0) is 42.0 Å². The minimum absolute atomic E-state index is 0.130. The molecule has 3 heteroatoms. The van der Waals surface area contributed by atoms with Crippen LogP contribution in [0.1, 0.15) is 16.7 Å². The summed E-state index contributed by atoms with van der Waals surface area (Å²) in [5.41, 5.74) is 3.76. The predicted molar refractivity (Wildman–Crippen MR) is 83.7 cm³/mol. The van der Waals surface area contributed by atoms with E-state index in [9.17, 15) is 0 Å². The molecule has 0 amide bonds. The van der Waals surface area contributed by atoms with Crippen LogP contribution in [0.2, 0.25) is 0 Å². The first-order chi connectivity index (χ1) is 10.2. The molecule has 0 radical (unpaired) electrons. The van der Waals surface area contributed by atoms with Crippen LogP contribution in [0, 0.1) is 23.2 Å². The Kier molecular flexibility index (Phi) is 4.99. The third-order valence-electron chi connectivity index (χ3n) is 3.10. The zero-order chi connectivity index (χ0) is 15.1. The molecule has 3 nitrogen and oxygen atoms in total. The van der Waals surface area contributed by atoms with Crippen molar-refractivity contribution in [3.63, 3.8) is 0 Å². The minimum atomic E-state index is -0.130. The monoisotopic (exact) mass is 276 g/mol. The number of hydrogen-bond acceptors (Lipinski definition) is 3. The molecule has 0 fully saturated rings. The topological polar surface area (TPSA) is 47.3 Å². The number of benzene rings is 2. The summed E-state index contributed by atoms with van der Waals surface area (Å²) in [5.74, 6) is 5.56. The van der Waals surface area contributed by atoms with Crippen molar-refractivity contribution in [3.8, 4) is 17.9 Å². The van der Waals surface area contributed by atoms with Crippen molar-refractivity contribution in [1.82, 2.24) is 0 Å². The van der Waals surface area contributed by atoms with Gasteiger partial charge in [-0.3, -0.25) is 0 Å². The molecule has 21 heavy (non-hydrogen) atoms. The number of hydrogen-bond donors (Lipinski definition) is 1. The van der Waals surface area contributed by atoms with Crippen molar-refractivity contribution in [2.45, 2.75) is 6.54 Å². The molecule has 0 aliphatic rings. The van der Waals surface area contributed by atoms with Gasteiger partial charge in [0.05, 0.1) is 11.6 Å². The van der Waals surface area contributed by atoms with Gasteiger partial charge in [-0.15, -0.1) is 0 Å². The molecule has 104 valence electrons. The number of aliphatic hydroxyl groups is 1. The van der Waals surface area contributed by atoms with Crippen molar-refractivity contribution in [2.75, 3.05) is 18.6 Å². The molecule has 0 saturated heterocycles. The van der Waals surface area contributed by atoms with Gasteiger partial charge in [-0.25, -0.2) is 0 Å². The lowest BCUT2D eigenvalue weighted by molar-refractivity contribution is 0.350. The zero-order valence-corrected chi connectivity index (χ0v) is 11.9. The first-order valence-corrected chi connectivity index (χ1v) is 6.63. The second kappa shape index (κ2) is 7.14. The molecule has 2 aromatic carbocycles. The first kappa shape index (κ1) is 14.7. The first-order valence-electron chi connectivity index (χ1n) is 6.63. The Morgan fingerprint density at radius 1 is 1.10 bits per heavy atom. The highest BCUT2D eigenvalue weighted by Crippen LogP contribution is 2.16. The highest BCUT2D eigenvalue weighted by molar-refractivity contribution is 5.50. The smallest absolute Gasteiger partial charge is 0.104 e. The second-order valence-electron chi connectivity index (χ2n) is 4.68. The van der Waals surface area contributed by atoms with Gasteiger partial charge in [0.25, 0.3) is 0 Å². The van der Waals surface area contributed by atoms with Gasteiger partial charge in [0.15, 0.2) is 0 Å². The number of nitriles is 1. The van der Waals surface area contributed by atoms with Crippen LogP contribution in [0.4, 0.5) is 5.69 Å². The molecule has 2 aromatic rings. The molecular formula is C18H16N2O. The molecule has 0 aliphatic carbocycles. The SMILES string of the molecule is CN(Cc1cccc(C#CCO)c1)c1ccc(C#N)cc1. The average molecular weight is 276 g/mol. The van der Waals surface area contributed by atoms with E-state index in [0.29, 0.717) is 5.56 Å². The lowest BCUT2D eigenvalue weighted by Gasteiger charge is -2.19. The zero-order valence-electron chi connectivity index (χ0n) is 11.9. The highest BCUT2D eigenvalue weighted by atomic mass is 16.2. The number of aliphatic hydroxyl groups excluding tert-OH is 1. The van der Waals surface area contributed by atoms with E-state index in [4.69, 9.17) is 10.4 Å². The summed E-state index contributed by atoms with van der Waals surface area (Å²) >= 11 is 0. The largest absolute Gasteiger partial charge is 0.384 e. The molecule has 0 spiro atoms. The Morgan fingerprint density at radius 3 is 2.52 bits per heavy atom. The van der Waals surface area contributed by atoms with E-state index >= 15 is 0 Å². The third kappa shape index (κ3) is 4.11. The van der Waals surface area contributed by atoms with Gasteiger partial charge in [-0.1, -0.05) is 24.0 Å². The van der Waals surface area contributed by atoms with Gasteiger partial charge in [-0.2, -0.15) is 5.26 Å². The Bertz CT molecular complexity index is 702. The van der Waals surface area contributed by atoms with Gasteiger partial charge >= 0.3 is 0 Å². The lowest BCUT2D eigenvalue weighted by atomic mass is 10.1.